The van der Waals surface area contributed by atoms with Crippen molar-refractivity contribution in [1.82, 2.24) is 15.0 Å². The zero-order valence-corrected chi connectivity index (χ0v) is 16.3. The molecular weight excluding hydrogens is 368 g/mol. The zero-order valence-electron chi connectivity index (χ0n) is 16.3. The third-order valence-corrected chi connectivity index (χ3v) is 5.08. The summed E-state index contributed by atoms with van der Waals surface area (Å²) in [5, 5.41) is 4.03. The topological polar surface area (TPSA) is 79.3 Å². The lowest BCUT2D eigenvalue weighted by molar-refractivity contribution is -0.460. The van der Waals surface area contributed by atoms with E-state index >= 15 is 0 Å². The van der Waals surface area contributed by atoms with E-state index in [4.69, 9.17) is 4.52 Å². The summed E-state index contributed by atoms with van der Waals surface area (Å²) in [5.74, 6) is 0.167. The van der Waals surface area contributed by atoms with Gasteiger partial charge in [0.05, 0.1) is 6.54 Å². The highest BCUT2D eigenvalue weighted by molar-refractivity contribution is 6.16. The molecule has 0 radical (unpaired) electrons. The van der Waals surface area contributed by atoms with Gasteiger partial charge >= 0.3 is 11.9 Å². The molecule has 3 amide bonds. The number of unbranched alkanes of at least 4 members (excludes halogenated alkanes) is 2. The number of benzene rings is 1. The first-order chi connectivity index (χ1) is 14.2. The second-order valence-corrected chi connectivity index (χ2v) is 7.09. The molecule has 1 unspecified atom stereocenters. The van der Waals surface area contributed by atoms with Gasteiger partial charge in [-0.1, -0.05) is 67.1 Å². The Hall–Kier alpha value is -3.35. The predicted octanol–water partition coefficient (Wildman–Crippen LogP) is 3.58. The summed E-state index contributed by atoms with van der Waals surface area (Å²) in [5.41, 5.74) is 1.49. The number of allylic oxidation sites excluding steroid dienone is 3. The van der Waals surface area contributed by atoms with Crippen LogP contribution in [0.5, 0.6) is 0 Å². The van der Waals surface area contributed by atoms with Crippen LogP contribution in [0.25, 0.3) is 11.4 Å². The molecule has 29 heavy (non-hydrogen) atoms. The van der Waals surface area contributed by atoms with E-state index in [9.17, 15) is 9.59 Å². The van der Waals surface area contributed by atoms with Gasteiger partial charge in [0.15, 0.2) is 6.54 Å². The van der Waals surface area contributed by atoms with Gasteiger partial charge in [0.2, 0.25) is 5.82 Å². The van der Waals surface area contributed by atoms with Crippen molar-refractivity contribution in [3.05, 3.63) is 60.5 Å². The molecule has 0 saturated carbocycles. The normalized spacial score (nSPS) is 18.5. The Bertz CT molecular complexity index is 1000. The van der Waals surface area contributed by atoms with Gasteiger partial charge in [0.1, 0.15) is 11.6 Å². The molecule has 0 saturated heterocycles. The van der Waals surface area contributed by atoms with E-state index in [-0.39, 0.29) is 18.5 Å². The Balaban J connectivity index is 1.63. The summed E-state index contributed by atoms with van der Waals surface area (Å²) >= 11 is 0. The Labute approximate surface area is 169 Å². The molecule has 0 fully saturated rings. The largest absolute Gasteiger partial charge is 0.501 e. The molecule has 0 bridgehead atoms. The number of urea groups is 1. The van der Waals surface area contributed by atoms with Crippen LogP contribution < -0.4 is 0 Å². The van der Waals surface area contributed by atoms with E-state index in [0.717, 1.165) is 24.8 Å². The fourth-order valence-corrected chi connectivity index (χ4v) is 3.56. The molecule has 1 aliphatic heterocycles. The lowest BCUT2D eigenvalue weighted by Crippen LogP contribution is -2.54. The number of carbonyl (C=O) groups is 2. The van der Waals surface area contributed by atoms with Crippen molar-refractivity contribution >= 4 is 17.6 Å². The minimum absolute atomic E-state index is 0.125. The van der Waals surface area contributed by atoms with Gasteiger partial charge in [0.25, 0.3) is 5.89 Å². The minimum Gasteiger partial charge on any atom is -0.335 e. The van der Waals surface area contributed by atoms with Crippen molar-refractivity contribution < 1.29 is 18.7 Å². The van der Waals surface area contributed by atoms with Crippen LogP contribution in [0.2, 0.25) is 0 Å². The van der Waals surface area contributed by atoms with Gasteiger partial charge in [0, 0.05) is 5.56 Å². The van der Waals surface area contributed by atoms with Crippen LogP contribution >= 0.6 is 0 Å². The second-order valence-electron chi connectivity index (χ2n) is 7.09. The van der Waals surface area contributed by atoms with Crippen molar-refractivity contribution in [2.24, 2.45) is 5.92 Å². The van der Waals surface area contributed by atoms with Crippen LogP contribution in [0.15, 0.2) is 59.2 Å². The van der Waals surface area contributed by atoms with Crippen LogP contribution in [0.1, 0.15) is 32.1 Å². The maximum absolute atomic E-state index is 13.1. The first-order valence-electron chi connectivity index (χ1n) is 9.91. The van der Waals surface area contributed by atoms with Crippen molar-refractivity contribution in [3.63, 3.8) is 0 Å². The van der Waals surface area contributed by atoms with Crippen molar-refractivity contribution in [2.75, 3.05) is 6.54 Å². The third kappa shape index (κ3) is 3.81. The smallest absolute Gasteiger partial charge is 0.335 e. The van der Waals surface area contributed by atoms with Crippen LogP contribution in [0, 0.1) is 5.92 Å². The van der Waals surface area contributed by atoms with Crippen LogP contribution in [0.3, 0.4) is 0 Å². The molecule has 0 N–H and O–H groups in total. The van der Waals surface area contributed by atoms with E-state index in [1.807, 2.05) is 48.6 Å². The van der Waals surface area contributed by atoms with E-state index in [1.54, 1.807) is 10.7 Å². The number of carbonyl (C=O) groups excluding carboxylic acids is 2. The summed E-state index contributed by atoms with van der Waals surface area (Å²) in [6.07, 6.45) is 10.1. The summed E-state index contributed by atoms with van der Waals surface area (Å²) in [6, 6.07) is 9.18. The minimum atomic E-state index is -0.462. The first-order valence-corrected chi connectivity index (χ1v) is 9.91. The predicted molar refractivity (Wildman–Crippen MR) is 107 cm³/mol. The fourth-order valence-electron chi connectivity index (χ4n) is 3.56. The molecule has 0 spiro atoms. The average molecular weight is 391 g/mol. The molecule has 1 atom stereocenters. The van der Waals surface area contributed by atoms with E-state index in [2.05, 4.69) is 17.1 Å². The molecule has 7 nitrogen and oxygen atoms in total. The van der Waals surface area contributed by atoms with Gasteiger partial charge in [-0.2, -0.15) is 19.3 Å². The van der Waals surface area contributed by atoms with Crippen molar-refractivity contribution in [1.29, 1.82) is 0 Å². The highest BCUT2D eigenvalue weighted by Gasteiger charge is 2.46. The molecule has 1 aliphatic carbocycles. The number of hydrogen-bond acceptors (Lipinski definition) is 5. The highest BCUT2D eigenvalue weighted by Crippen LogP contribution is 2.22. The Morgan fingerprint density at radius 2 is 1.97 bits per heavy atom. The molecule has 148 valence electrons. The van der Waals surface area contributed by atoms with Crippen molar-refractivity contribution in [2.45, 2.75) is 32.7 Å². The third-order valence-electron chi connectivity index (χ3n) is 5.08. The molecule has 1 aromatic carbocycles. The van der Waals surface area contributed by atoms with Crippen LogP contribution in [-0.2, 0) is 11.3 Å². The first kappa shape index (κ1) is 19.0. The van der Waals surface area contributed by atoms with E-state index in [1.165, 1.54) is 4.90 Å². The molecule has 1 aromatic heterocycles. The lowest BCUT2D eigenvalue weighted by Gasteiger charge is -2.26. The van der Waals surface area contributed by atoms with Gasteiger partial charge in [-0.3, -0.25) is 0 Å². The van der Waals surface area contributed by atoms with E-state index in [0.29, 0.717) is 24.0 Å². The SMILES string of the molecule is CCCCCN1C(=O)C2C=CC=CC2=[N+](Cc2nc(-c3ccccc3)no2)C1=O. The highest BCUT2D eigenvalue weighted by atomic mass is 16.5. The summed E-state index contributed by atoms with van der Waals surface area (Å²) in [7, 11) is 0. The monoisotopic (exact) mass is 391 g/mol. The Kier molecular flexibility index (Phi) is 5.46. The lowest BCUT2D eigenvalue weighted by atomic mass is 9.94. The molecule has 2 aromatic rings. The average Bonchev–Trinajstić information content (AvgIpc) is 3.23. The van der Waals surface area contributed by atoms with Gasteiger partial charge < -0.3 is 4.52 Å². The summed E-state index contributed by atoms with van der Waals surface area (Å²) < 4.78 is 6.97. The number of rotatable bonds is 7. The Morgan fingerprint density at radius 3 is 2.76 bits per heavy atom. The summed E-state index contributed by atoms with van der Waals surface area (Å²) in [6.45, 7) is 2.63. The number of fused-ring (bicyclic) bond motifs is 1. The molecule has 4 rings (SSSR count). The number of hydrogen-bond donors (Lipinski definition) is 0. The summed E-state index contributed by atoms with van der Waals surface area (Å²) in [4.78, 5) is 31.8. The molecule has 2 heterocycles. The molecule has 7 heteroatoms. The Morgan fingerprint density at radius 1 is 1.14 bits per heavy atom. The second kappa shape index (κ2) is 8.34. The van der Waals surface area contributed by atoms with E-state index < -0.39 is 5.92 Å². The number of nitrogens with zero attached hydrogens (tertiary/aromatic N) is 4. The van der Waals surface area contributed by atoms with Crippen LogP contribution in [0.4, 0.5) is 4.79 Å². The van der Waals surface area contributed by atoms with Crippen LogP contribution in [-0.4, -0.2) is 43.8 Å². The quantitative estimate of drug-likeness (QED) is 0.532. The standard InChI is InChI=1S/C22H23N4O3/c1-2-3-9-14-25-21(27)17-12-7-8-13-18(17)26(22(25)28)15-19-23-20(24-29-19)16-10-5-4-6-11-16/h4-8,10-13,17H,2-3,9,14-15H2,1H3/q+1. The van der Waals surface area contributed by atoms with Gasteiger partial charge in [-0.25, -0.2) is 4.79 Å². The number of imide groups is 1. The fraction of sp³-hybridized carbons (Fsp3) is 0.318. The van der Waals surface area contributed by atoms with Gasteiger partial charge in [-0.15, -0.1) is 0 Å². The zero-order chi connectivity index (χ0) is 20.2. The number of aromatic nitrogens is 2. The molecular formula is C22H23N4O3+. The maximum Gasteiger partial charge on any atom is 0.501 e. The number of amides is 3. The van der Waals surface area contributed by atoms with Gasteiger partial charge in [-0.05, 0) is 18.9 Å². The van der Waals surface area contributed by atoms with Crippen molar-refractivity contribution in [3.8, 4) is 11.4 Å². The molecule has 2 aliphatic rings. The maximum atomic E-state index is 13.1.